The normalized spacial score (nSPS) is 13.5. The Morgan fingerprint density at radius 3 is 2.55 bits per heavy atom. The molecule has 1 aliphatic heterocycles. The molecule has 0 atom stereocenters. The molecule has 0 spiro atoms. The maximum absolute atomic E-state index is 13.0. The number of nitriles is 1. The summed E-state index contributed by atoms with van der Waals surface area (Å²) >= 11 is 0. The Kier molecular flexibility index (Phi) is 7.65. The van der Waals surface area contributed by atoms with E-state index < -0.39 is 0 Å². The topological polar surface area (TPSA) is 134 Å². The zero-order chi connectivity index (χ0) is 28.7. The average molecular weight is 556 g/mol. The van der Waals surface area contributed by atoms with Crippen molar-refractivity contribution < 1.29 is 14.3 Å². The molecule has 1 amide bonds. The van der Waals surface area contributed by atoms with Crippen LogP contribution in [0.3, 0.4) is 0 Å². The number of ether oxygens (including phenoxy) is 2. The number of hydrogen-bond donors (Lipinski definition) is 3. The monoisotopic (exact) mass is 555 g/mol. The highest BCUT2D eigenvalue weighted by molar-refractivity contribution is 6.05. The average Bonchev–Trinajstić information content (AvgIpc) is 3.53. The second-order valence-electron chi connectivity index (χ2n) is 9.45. The molecule has 10 nitrogen and oxygen atoms in total. The van der Waals surface area contributed by atoms with Gasteiger partial charge in [0.1, 0.15) is 17.6 Å². The van der Waals surface area contributed by atoms with Gasteiger partial charge in [-0.25, -0.2) is 4.98 Å². The van der Waals surface area contributed by atoms with Crippen LogP contribution in [0.15, 0.2) is 103 Å². The molecule has 5 aromatic rings. The van der Waals surface area contributed by atoms with E-state index in [1.807, 2.05) is 36.4 Å². The van der Waals surface area contributed by atoms with Gasteiger partial charge in [-0.3, -0.25) is 14.8 Å². The summed E-state index contributed by atoms with van der Waals surface area (Å²) in [4.78, 5) is 25.9. The van der Waals surface area contributed by atoms with Crippen molar-refractivity contribution in [2.24, 2.45) is 0 Å². The number of rotatable bonds is 8. The third-order valence-electron chi connectivity index (χ3n) is 6.51. The maximum atomic E-state index is 13.0. The lowest BCUT2D eigenvalue weighted by atomic mass is 10.1. The summed E-state index contributed by atoms with van der Waals surface area (Å²) in [7, 11) is 0. The van der Waals surface area contributed by atoms with Gasteiger partial charge in [0.05, 0.1) is 34.3 Å². The van der Waals surface area contributed by atoms with Crippen LogP contribution in [-0.2, 0) is 4.79 Å². The molecule has 4 heterocycles. The Morgan fingerprint density at radius 2 is 1.81 bits per heavy atom. The molecular formula is C32H25N7O3. The quantitative estimate of drug-likeness (QED) is 0.195. The number of benzene rings is 2. The summed E-state index contributed by atoms with van der Waals surface area (Å²) in [6.45, 7) is 1.52. The summed E-state index contributed by atoms with van der Waals surface area (Å²) in [5.41, 5.74) is 3.50. The summed E-state index contributed by atoms with van der Waals surface area (Å²) in [6.07, 6.45) is 8.78. The van der Waals surface area contributed by atoms with Gasteiger partial charge in [0.25, 0.3) is 0 Å². The molecular weight excluding hydrogens is 530 g/mol. The zero-order valence-electron chi connectivity index (χ0n) is 22.4. The number of amides is 1. The highest BCUT2D eigenvalue weighted by atomic mass is 16.5. The molecule has 0 saturated carbocycles. The predicted octanol–water partition coefficient (Wildman–Crippen LogP) is 6.08. The minimum atomic E-state index is -0.273. The van der Waals surface area contributed by atoms with Crippen LogP contribution in [0.1, 0.15) is 12.0 Å². The predicted molar refractivity (Wildman–Crippen MR) is 159 cm³/mol. The number of nitrogens with one attached hydrogen (secondary N) is 3. The van der Waals surface area contributed by atoms with E-state index in [-0.39, 0.29) is 5.91 Å². The lowest BCUT2D eigenvalue weighted by Crippen LogP contribution is -2.11. The van der Waals surface area contributed by atoms with E-state index in [1.54, 1.807) is 55.0 Å². The third-order valence-corrected chi connectivity index (χ3v) is 6.51. The Balaban J connectivity index is 1.35. The Hall–Kier alpha value is -5.79. The molecule has 0 aliphatic carbocycles. The number of para-hydroxylation sites is 1. The Labute approximate surface area is 241 Å². The minimum absolute atomic E-state index is 0.273. The zero-order valence-corrected chi connectivity index (χ0v) is 22.4. The van der Waals surface area contributed by atoms with E-state index in [2.05, 4.69) is 37.0 Å². The fourth-order valence-corrected chi connectivity index (χ4v) is 4.49. The molecule has 0 bridgehead atoms. The minimum Gasteiger partial charge on any atom is -0.455 e. The summed E-state index contributed by atoms with van der Waals surface area (Å²) < 4.78 is 11.9. The molecule has 10 heteroatoms. The highest BCUT2D eigenvalue weighted by Gasteiger charge is 2.17. The van der Waals surface area contributed by atoms with Crippen molar-refractivity contribution in [2.75, 3.05) is 23.7 Å². The number of nitrogens with zero attached hydrogens (tertiary/aromatic N) is 4. The summed E-state index contributed by atoms with van der Waals surface area (Å²) in [5.74, 6) is 1.79. The first kappa shape index (κ1) is 26.4. The molecule has 6 rings (SSSR count). The molecule has 2 aromatic carbocycles. The summed E-state index contributed by atoms with van der Waals surface area (Å²) in [6, 6.07) is 22.1. The molecule has 3 N–H and O–H groups in total. The van der Waals surface area contributed by atoms with Gasteiger partial charge in [-0.1, -0.05) is 18.2 Å². The van der Waals surface area contributed by atoms with Crippen LogP contribution in [0.2, 0.25) is 0 Å². The van der Waals surface area contributed by atoms with Crippen molar-refractivity contribution in [3.8, 4) is 29.2 Å². The van der Waals surface area contributed by atoms with Gasteiger partial charge in [0, 0.05) is 48.7 Å². The first-order valence-electron chi connectivity index (χ1n) is 13.3. The maximum Gasteiger partial charge on any atom is 0.248 e. The Bertz CT molecular complexity index is 1790. The fourth-order valence-electron chi connectivity index (χ4n) is 4.49. The third kappa shape index (κ3) is 6.17. The van der Waals surface area contributed by atoms with Crippen molar-refractivity contribution in [3.05, 3.63) is 109 Å². The van der Waals surface area contributed by atoms with Crippen LogP contribution in [0, 0.1) is 11.3 Å². The number of hydrogen-bond acceptors (Lipinski definition) is 9. The van der Waals surface area contributed by atoms with E-state index in [0.29, 0.717) is 63.2 Å². The first-order valence-corrected chi connectivity index (χ1v) is 13.3. The fraction of sp³-hybridized carbons (Fsp3) is 0.0938. The van der Waals surface area contributed by atoms with Gasteiger partial charge in [-0.2, -0.15) is 5.26 Å². The van der Waals surface area contributed by atoms with Crippen molar-refractivity contribution in [1.82, 2.24) is 20.3 Å². The van der Waals surface area contributed by atoms with Crippen LogP contribution in [0.4, 0.5) is 17.1 Å². The number of carbonyl (C=O) groups excluding carboxylic acids is 1. The van der Waals surface area contributed by atoms with Gasteiger partial charge < -0.3 is 25.4 Å². The molecule has 0 radical (unpaired) electrons. The summed E-state index contributed by atoms with van der Waals surface area (Å²) in [5, 5.41) is 20.0. The van der Waals surface area contributed by atoms with Gasteiger partial charge in [0.15, 0.2) is 5.75 Å². The van der Waals surface area contributed by atoms with E-state index in [4.69, 9.17) is 9.47 Å². The smallest absolute Gasteiger partial charge is 0.248 e. The van der Waals surface area contributed by atoms with Crippen LogP contribution in [0.5, 0.6) is 23.1 Å². The van der Waals surface area contributed by atoms with Crippen molar-refractivity contribution >= 4 is 33.9 Å². The number of fused-ring (bicyclic) bond motifs is 1. The molecule has 42 heavy (non-hydrogen) atoms. The van der Waals surface area contributed by atoms with Crippen LogP contribution >= 0.6 is 0 Å². The van der Waals surface area contributed by atoms with E-state index in [1.165, 1.54) is 6.20 Å². The second kappa shape index (κ2) is 12.2. The largest absolute Gasteiger partial charge is 0.455 e. The van der Waals surface area contributed by atoms with Crippen molar-refractivity contribution in [1.29, 1.82) is 5.26 Å². The van der Waals surface area contributed by atoms with Crippen LogP contribution in [0.25, 0.3) is 10.9 Å². The molecule has 206 valence electrons. The van der Waals surface area contributed by atoms with E-state index in [9.17, 15) is 10.1 Å². The van der Waals surface area contributed by atoms with Gasteiger partial charge in [0.2, 0.25) is 11.8 Å². The molecule has 0 unspecified atom stereocenters. The molecule has 1 saturated heterocycles. The lowest BCUT2D eigenvalue weighted by Gasteiger charge is -2.16. The van der Waals surface area contributed by atoms with Crippen LogP contribution < -0.4 is 25.4 Å². The van der Waals surface area contributed by atoms with Gasteiger partial charge in [-0.15, -0.1) is 0 Å². The second-order valence-corrected chi connectivity index (χ2v) is 9.45. The number of carbonyl (C=O) groups is 1. The first-order chi connectivity index (χ1) is 20.6. The van der Waals surface area contributed by atoms with E-state index >= 15 is 0 Å². The standard InChI is InChI=1S/C32H25N7O3/c33-17-22-19-36-27-16-29(41-25-9-12-34-13-10-25)28(39-30(40)14-21-8-11-35-18-21)15-26(27)32(22)38-23-6-7-31(37-20-23)42-24-4-2-1-3-5-24/h1-7,9-10,12-16,19-20,35H,8,11,18H2,(H,36,38)(H,39,40). The Morgan fingerprint density at radius 1 is 0.976 bits per heavy atom. The number of anilines is 3. The van der Waals surface area contributed by atoms with Crippen molar-refractivity contribution in [3.63, 3.8) is 0 Å². The van der Waals surface area contributed by atoms with Crippen molar-refractivity contribution in [2.45, 2.75) is 6.42 Å². The number of aromatic nitrogens is 3. The van der Waals surface area contributed by atoms with Gasteiger partial charge in [-0.05, 0) is 54.9 Å². The van der Waals surface area contributed by atoms with Crippen LogP contribution in [-0.4, -0.2) is 33.9 Å². The molecule has 1 fully saturated rings. The molecule has 1 aliphatic rings. The molecule has 3 aromatic heterocycles. The highest BCUT2D eigenvalue weighted by Crippen LogP contribution is 2.38. The lowest BCUT2D eigenvalue weighted by molar-refractivity contribution is -0.112. The number of pyridine rings is 3. The van der Waals surface area contributed by atoms with E-state index in [0.717, 1.165) is 18.5 Å². The SMILES string of the molecule is N#Cc1cnc2cc(Oc3ccncc3)c(NC(=O)C=C3CCNC3)cc2c1Nc1ccc(Oc2ccccc2)nc1. The van der Waals surface area contributed by atoms with Gasteiger partial charge >= 0.3 is 0 Å².